The Morgan fingerprint density at radius 2 is 1.76 bits per heavy atom. The number of aromatic hydroxyl groups is 1. The first-order chi connectivity index (χ1) is 13.7. The topological polar surface area (TPSA) is 92.7 Å². The zero-order valence-corrected chi connectivity index (χ0v) is 17.4. The van der Waals surface area contributed by atoms with E-state index in [-0.39, 0.29) is 11.3 Å². The SMILES string of the molecule is COc1cc(O)c2c(c1)C1=C(C)C[C@H]3O[C@](C)(OC)[C@@](C)(OC)O[C@@H]3[C@H]1OC2=O. The lowest BCUT2D eigenvalue weighted by Crippen LogP contribution is -2.68. The van der Waals surface area contributed by atoms with E-state index in [1.165, 1.54) is 27.4 Å². The molecule has 0 amide bonds. The van der Waals surface area contributed by atoms with E-state index in [9.17, 15) is 9.90 Å². The zero-order chi connectivity index (χ0) is 21.1. The number of hydrogen-bond donors (Lipinski definition) is 1. The molecule has 0 aromatic heterocycles. The molecule has 1 saturated heterocycles. The van der Waals surface area contributed by atoms with Crippen LogP contribution in [0.5, 0.6) is 11.5 Å². The molecule has 0 unspecified atom stereocenters. The van der Waals surface area contributed by atoms with E-state index in [0.717, 1.165) is 11.1 Å². The molecule has 1 aliphatic carbocycles. The molecule has 158 valence electrons. The molecule has 1 fully saturated rings. The maximum absolute atomic E-state index is 12.8. The van der Waals surface area contributed by atoms with Gasteiger partial charge in [-0.3, -0.25) is 0 Å². The average molecular weight is 406 g/mol. The fourth-order valence-corrected chi connectivity index (χ4v) is 4.44. The smallest absolute Gasteiger partial charge is 0.343 e. The van der Waals surface area contributed by atoms with Crippen LogP contribution in [0.1, 0.15) is 43.1 Å². The number of phenols is 1. The van der Waals surface area contributed by atoms with Crippen molar-refractivity contribution in [1.29, 1.82) is 0 Å². The fraction of sp³-hybridized carbons (Fsp3) is 0.571. The molecule has 1 aromatic carbocycles. The van der Waals surface area contributed by atoms with E-state index in [4.69, 9.17) is 28.4 Å². The number of hydrogen-bond acceptors (Lipinski definition) is 8. The van der Waals surface area contributed by atoms with Crippen LogP contribution in [0.2, 0.25) is 0 Å². The van der Waals surface area contributed by atoms with Gasteiger partial charge in [-0.2, -0.15) is 0 Å². The van der Waals surface area contributed by atoms with Crippen LogP contribution in [0.4, 0.5) is 0 Å². The highest BCUT2D eigenvalue weighted by atomic mass is 16.8. The molecule has 1 aromatic rings. The highest BCUT2D eigenvalue weighted by Gasteiger charge is 2.60. The van der Waals surface area contributed by atoms with Gasteiger partial charge in [-0.15, -0.1) is 0 Å². The molecule has 0 saturated carbocycles. The fourth-order valence-electron chi connectivity index (χ4n) is 4.44. The van der Waals surface area contributed by atoms with E-state index in [2.05, 4.69) is 0 Å². The standard InChI is InChI=1S/C21H26O8/c1-10-7-14-17(29-21(3,26-6)20(2,25-5)28-14)18-15(10)12-8-11(24-4)9-13(22)16(12)19(23)27-18/h8-9,14,17-18,22H,7H2,1-6H3/t14-,17+,18+,20+,21+/m1/s1. The molecule has 2 heterocycles. The van der Waals surface area contributed by atoms with Crippen LogP contribution in [-0.2, 0) is 23.7 Å². The molecular formula is C21H26O8. The molecule has 8 heteroatoms. The molecule has 2 aliphatic heterocycles. The zero-order valence-electron chi connectivity index (χ0n) is 17.4. The van der Waals surface area contributed by atoms with Gasteiger partial charge in [0.05, 0.1) is 13.2 Å². The molecule has 3 aliphatic rings. The lowest BCUT2D eigenvalue weighted by molar-refractivity contribution is -0.452. The normalized spacial score (nSPS) is 36.1. The van der Waals surface area contributed by atoms with Gasteiger partial charge in [-0.1, -0.05) is 5.57 Å². The Hall–Kier alpha value is -2.13. The van der Waals surface area contributed by atoms with Crippen molar-refractivity contribution in [3.63, 3.8) is 0 Å². The maximum atomic E-state index is 12.8. The largest absolute Gasteiger partial charge is 0.507 e. The lowest BCUT2D eigenvalue weighted by Gasteiger charge is -2.55. The van der Waals surface area contributed by atoms with E-state index in [1.54, 1.807) is 19.9 Å². The summed E-state index contributed by atoms with van der Waals surface area (Å²) >= 11 is 0. The van der Waals surface area contributed by atoms with Crippen LogP contribution >= 0.6 is 0 Å². The highest BCUT2D eigenvalue weighted by Crippen LogP contribution is 2.50. The Morgan fingerprint density at radius 3 is 2.38 bits per heavy atom. The third-order valence-corrected chi connectivity index (χ3v) is 6.31. The third kappa shape index (κ3) is 2.78. The molecule has 1 N–H and O–H groups in total. The first-order valence-electron chi connectivity index (χ1n) is 9.46. The van der Waals surface area contributed by atoms with Crippen LogP contribution in [0.15, 0.2) is 17.7 Å². The Labute approximate surface area is 169 Å². The second-order valence-corrected chi connectivity index (χ2v) is 7.83. The van der Waals surface area contributed by atoms with Gasteiger partial charge >= 0.3 is 5.97 Å². The van der Waals surface area contributed by atoms with Gasteiger partial charge in [0.1, 0.15) is 23.2 Å². The summed E-state index contributed by atoms with van der Waals surface area (Å²) in [6.07, 6.45) is -1.17. The molecule has 0 bridgehead atoms. The van der Waals surface area contributed by atoms with Crippen molar-refractivity contribution in [1.82, 2.24) is 0 Å². The van der Waals surface area contributed by atoms with Crippen LogP contribution in [0.25, 0.3) is 5.57 Å². The van der Waals surface area contributed by atoms with E-state index < -0.39 is 35.9 Å². The predicted octanol–water partition coefficient (Wildman–Crippen LogP) is 2.63. The van der Waals surface area contributed by atoms with Gasteiger partial charge in [0.25, 0.3) is 0 Å². The molecular weight excluding hydrogens is 380 g/mol. The van der Waals surface area contributed by atoms with Gasteiger partial charge in [0, 0.05) is 31.4 Å². The Morgan fingerprint density at radius 1 is 1.10 bits per heavy atom. The van der Waals surface area contributed by atoms with Crippen molar-refractivity contribution in [2.24, 2.45) is 0 Å². The van der Waals surface area contributed by atoms with Gasteiger partial charge in [-0.05, 0) is 33.3 Å². The summed E-state index contributed by atoms with van der Waals surface area (Å²) in [6.45, 7) is 5.44. The summed E-state index contributed by atoms with van der Waals surface area (Å²) in [5, 5.41) is 10.4. The number of fused-ring (bicyclic) bond motifs is 5. The minimum Gasteiger partial charge on any atom is -0.507 e. The summed E-state index contributed by atoms with van der Waals surface area (Å²) in [7, 11) is 4.55. The van der Waals surface area contributed by atoms with E-state index in [1.807, 2.05) is 6.92 Å². The van der Waals surface area contributed by atoms with Crippen molar-refractivity contribution >= 4 is 11.5 Å². The number of methoxy groups -OCH3 is 3. The minimum absolute atomic E-state index is 0.128. The summed E-state index contributed by atoms with van der Waals surface area (Å²) < 4.78 is 34.8. The van der Waals surface area contributed by atoms with Crippen LogP contribution < -0.4 is 4.74 Å². The van der Waals surface area contributed by atoms with Crippen molar-refractivity contribution in [3.05, 3.63) is 28.8 Å². The molecule has 8 nitrogen and oxygen atoms in total. The first kappa shape index (κ1) is 20.2. The Balaban J connectivity index is 1.84. The molecule has 0 spiro atoms. The van der Waals surface area contributed by atoms with E-state index >= 15 is 0 Å². The Kier molecular flexibility index (Phi) is 4.66. The van der Waals surface area contributed by atoms with Crippen molar-refractivity contribution < 1.29 is 38.3 Å². The number of ether oxygens (including phenoxy) is 6. The number of esters is 1. The minimum atomic E-state index is -1.22. The molecule has 0 radical (unpaired) electrons. The number of carbonyl (C=O) groups is 1. The second-order valence-electron chi connectivity index (χ2n) is 7.83. The number of benzene rings is 1. The van der Waals surface area contributed by atoms with Crippen molar-refractivity contribution in [2.75, 3.05) is 21.3 Å². The van der Waals surface area contributed by atoms with E-state index in [0.29, 0.717) is 17.7 Å². The summed E-state index contributed by atoms with van der Waals surface area (Å²) in [5.74, 6) is -2.71. The predicted molar refractivity (Wildman–Crippen MR) is 102 cm³/mol. The summed E-state index contributed by atoms with van der Waals surface area (Å²) in [5.41, 5.74) is 2.48. The monoisotopic (exact) mass is 406 g/mol. The van der Waals surface area contributed by atoms with Gasteiger partial charge in [0.2, 0.25) is 11.6 Å². The maximum Gasteiger partial charge on any atom is 0.343 e. The average Bonchev–Trinajstić information content (AvgIpc) is 2.68. The number of carbonyl (C=O) groups excluding carboxylic acids is 1. The lowest BCUT2D eigenvalue weighted by atomic mass is 9.78. The highest BCUT2D eigenvalue weighted by molar-refractivity contribution is 6.03. The van der Waals surface area contributed by atoms with Crippen molar-refractivity contribution in [2.45, 2.75) is 57.1 Å². The number of phenolic OH excluding ortho intramolecular Hbond substituents is 1. The van der Waals surface area contributed by atoms with Crippen LogP contribution in [-0.4, -0.2) is 62.3 Å². The molecule has 5 atom stereocenters. The quantitative estimate of drug-likeness (QED) is 0.766. The second kappa shape index (κ2) is 6.70. The van der Waals surface area contributed by atoms with Crippen LogP contribution in [0, 0.1) is 0 Å². The van der Waals surface area contributed by atoms with Crippen molar-refractivity contribution in [3.8, 4) is 11.5 Å². The molecule has 4 rings (SSSR count). The van der Waals surface area contributed by atoms with Crippen LogP contribution in [0.3, 0.4) is 0 Å². The van der Waals surface area contributed by atoms with Gasteiger partial charge in [0.15, 0.2) is 6.10 Å². The van der Waals surface area contributed by atoms with Gasteiger partial charge < -0.3 is 33.5 Å². The number of rotatable bonds is 3. The Bertz CT molecular complexity index is 893. The molecule has 29 heavy (non-hydrogen) atoms. The summed E-state index contributed by atoms with van der Waals surface area (Å²) in [6, 6.07) is 3.13. The first-order valence-corrected chi connectivity index (χ1v) is 9.46. The summed E-state index contributed by atoms with van der Waals surface area (Å²) in [4.78, 5) is 12.8. The van der Waals surface area contributed by atoms with Gasteiger partial charge in [-0.25, -0.2) is 4.79 Å². The third-order valence-electron chi connectivity index (χ3n) is 6.31.